The van der Waals surface area contributed by atoms with E-state index in [1.165, 1.54) is 30.3 Å². The maximum atomic E-state index is 13.6. The molecule has 10 nitrogen and oxygen atoms in total. The molecule has 0 atom stereocenters. The van der Waals surface area contributed by atoms with Crippen molar-refractivity contribution in [1.29, 1.82) is 0 Å². The Hall–Kier alpha value is -3.93. The normalized spacial score (nSPS) is 13.1. The van der Waals surface area contributed by atoms with Crippen LogP contribution in [0.3, 0.4) is 0 Å². The summed E-state index contributed by atoms with van der Waals surface area (Å²) in [7, 11) is -2.31. The number of fused-ring (bicyclic) bond motifs is 2. The van der Waals surface area contributed by atoms with E-state index >= 15 is 0 Å². The molecule has 12 heteroatoms. The van der Waals surface area contributed by atoms with Crippen LogP contribution < -0.4 is 9.04 Å². The zero-order valence-electron chi connectivity index (χ0n) is 20.7. The van der Waals surface area contributed by atoms with Gasteiger partial charge in [-0.2, -0.15) is 0 Å². The van der Waals surface area contributed by atoms with Crippen LogP contribution in [0.15, 0.2) is 42.6 Å². The Labute approximate surface area is 213 Å². The molecular formula is C25H26FN3O7S. The van der Waals surface area contributed by atoms with E-state index in [0.29, 0.717) is 22.2 Å². The Balaban J connectivity index is 1.81. The molecule has 1 aromatic heterocycles. The Bertz CT molecular complexity index is 1460. The van der Waals surface area contributed by atoms with Gasteiger partial charge in [0.2, 0.25) is 16.8 Å². The van der Waals surface area contributed by atoms with Gasteiger partial charge in [-0.05, 0) is 43.7 Å². The zero-order chi connectivity index (χ0) is 26.9. The summed E-state index contributed by atoms with van der Waals surface area (Å²) in [5, 5.41) is 0.436. The smallest absolute Gasteiger partial charge is 0.454 e. The fourth-order valence-electron chi connectivity index (χ4n) is 4.08. The monoisotopic (exact) mass is 531 g/mol. The molecule has 0 fully saturated rings. The second kappa shape index (κ2) is 10.2. The molecule has 1 aliphatic rings. The molecule has 0 N–H and O–H groups in total. The minimum absolute atomic E-state index is 0.0557. The van der Waals surface area contributed by atoms with Crippen molar-refractivity contribution in [3.8, 4) is 5.75 Å². The first-order chi connectivity index (χ1) is 17.5. The fraction of sp³-hybridized carbons (Fsp3) is 0.320. The summed E-state index contributed by atoms with van der Waals surface area (Å²) in [5.41, 5.74) is 1.73. The summed E-state index contributed by atoms with van der Waals surface area (Å²) in [6.07, 6.45) is 1.20. The van der Waals surface area contributed by atoms with Crippen LogP contribution in [-0.2, 0) is 32.6 Å². The summed E-state index contributed by atoms with van der Waals surface area (Å²) in [5.74, 6) is -0.782. The van der Waals surface area contributed by atoms with Crippen molar-refractivity contribution in [1.82, 2.24) is 9.88 Å². The minimum atomic E-state index is -3.71. The first kappa shape index (κ1) is 26.1. The lowest BCUT2D eigenvalue weighted by atomic mass is 10.0. The van der Waals surface area contributed by atoms with Gasteiger partial charge in [-0.15, -0.1) is 0 Å². The lowest BCUT2D eigenvalue weighted by molar-refractivity contribution is -0.00795. The van der Waals surface area contributed by atoms with Gasteiger partial charge >= 0.3 is 6.16 Å². The van der Waals surface area contributed by atoms with Crippen molar-refractivity contribution in [3.63, 3.8) is 0 Å². The number of anilines is 1. The second-order valence-corrected chi connectivity index (χ2v) is 10.8. The second-order valence-electron chi connectivity index (χ2n) is 8.77. The van der Waals surface area contributed by atoms with Crippen LogP contribution in [0.4, 0.5) is 14.9 Å². The van der Waals surface area contributed by atoms with E-state index in [-0.39, 0.29) is 29.9 Å². The number of hydrogen-bond acceptors (Lipinski definition) is 8. The number of pyridine rings is 1. The van der Waals surface area contributed by atoms with Gasteiger partial charge in [0, 0.05) is 37.3 Å². The standard InChI is InChI=1S/C25H26FN3O7S/c1-15(2)36-25(31)35-14-34-23-20-19(13-29(24(20)30)12-16-7-9-17(26)10-8-16)22(28(3)37(4,32)33)18-6-5-11-27-21(18)23/h5-11,15H,12-14H2,1-4H3. The number of halogens is 1. The third kappa shape index (κ3) is 5.43. The number of rotatable bonds is 8. The number of ether oxygens (including phenoxy) is 3. The van der Waals surface area contributed by atoms with Gasteiger partial charge in [-0.1, -0.05) is 12.1 Å². The number of aromatic nitrogens is 1. The van der Waals surface area contributed by atoms with Crippen LogP contribution in [0.2, 0.25) is 0 Å². The van der Waals surface area contributed by atoms with Crippen LogP contribution in [-0.4, -0.2) is 56.6 Å². The number of hydrogen-bond donors (Lipinski definition) is 0. The number of benzene rings is 2. The van der Waals surface area contributed by atoms with Crippen molar-refractivity contribution in [3.05, 3.63) is 65.1 Å². The topological polar surface area (TPSA) is 115 Å². The lowest BCUT2D eigenvalue weighted by Crippen LogP contribution is -2.26. The van der Waals surface area contributed by atoms with Gasteiger partial charge in [0.1, 0.15) is 11.3 Å². The average molecular weight is 532 g/mol. The fourth-order valence-corrected chi connectivity index (χ4v) is 4.62. The molecule has 196 valence electrons. The molecule has 0 bridgehead atoms. The third-order valence-electron chi connectivity index (χ3n) is 5.75. The molecule has 0 unspecified atom stereocenters. The molecule has 1 amide bonds. The number of carbonyl (C=O) groups excluding carboxylic acids is 2. The van der Waals surface area contributed by atoms with E-state index in [2.05, 4.69) is 4.98 Å². The zero-order valence-corrected chi connectivity index (χ0v) is 21.5. The number of carbonyl (C=O) groups is 2. The van der Waals surface area contributed by atoms with Gasteiger partial charge in [0.15, 0.2) is 5.75 Å². The van der Waals surface area contributed by atoms with Crippen molar-refractivity contribution in [2.24, 2.45) is 0 Å². The highest BCUT2D eigenvalue weighted by atomic mass is 32.2. The van der Waals surface area contributed by atoms with Crippen LogP contribution in [0.1, 0.15) is 35.3 Å². The van der Waals surface area contributed by atoms with E-state index in [1.807, 2.05) is 0 Å². The summed E-state index contributed by atoms with van der Waals surface area (Å²) >= 11 is 0. The largest absolute Gasteiger partial charge is 0.511 e. The molecule has 0 aliphatic carbocycles. The maximum Gasteiger partial charge on any atom is 0.511 e. The van der Waals surface area contributed by atoms with E-state index in [4.69, 9.17) is 14.2 Å². The maximum absolute atomic E-state index is 13.6. The van der Waals surface area contributed by atoms with Crippen molar-refractivity contribution < 1.29 is 36.6 Å². The highest BCUT2D eigenvalue weighted by Crippen LogP contribution is 2.45. The first-order valence-corrected chi connectivity index (χ1v) is 13.2. The predicted molar refractivity (Wildman–Crippen MR) is 133 cm³/mol. The number of nitrogens with zero attached hydrogens (tertiary/aromatic N) is 3. The van der Waals surface area contributed by atoms with Crippen molar-refractivity contribution in [2.45, 2.75) is 33.0 Å². The average Bonchev–Trinajstić information content (AvgIpc) is 3.14. The molecule has 0 saturated heterocycles. The molecule has 0 radical (unpaired) electrons. The molecule has 37 heavy (non-hydrogen) atoms. The summed E-state index contributed by atoms with van der Waals surface area (Å²) in [6, 6.07) is 9.05. The van der Waals surface area contributed by atoms with E-state index in [9.17, 15) is 22.4 Å². The number of sulfonamides is 1. The lowest BCUT2D eigenvalue weighted by Gasteiger charge is -2.23. The van der Waals surface area contributed by atoms with E-state index in [1.54, 1.807) is 38.1 Å². The van der Waals surface area contributed by atoms with Gasteiger partial charge in [0.05, 0.1) is 23.6 Å². The molecule has 2 aromatic carbocycles. The molecule has 0 spiro atoms. The van der Waals surface area contributed by atoms with E-state index in [0.717, 1.165) is 10.6 Å². The van der Waals surface area contributed by atoms with Crippen LogP contribution in [0.5, 0.6) is 5.75 Å². The highest BCUT2D eigenvalue weighted by molar-refractivity contribution is 7.92. The van der Waals surface area contributed by atoms with E-state index < -0.39 is 40.8 Å². The molecule has 1 aliphatic heterocycles. The summed E-state index contributed by atoms with van der Waals surface area (Å²) in [4.78, 5) is 31.3. The van der Waals surface area contributed by atoms with Crippen molar-refractivity contribution >= 4 is 38.7 Å². The van der Waals surface area contributed by atoms with Crippen LogP contribution in [0.25, 0.3) is 10.9 Å². The van der Waals surface area contributed by atoms with Crippen LogP contribution >= 0.6 is 0 Å². The van der Waals surface area contributed by atoms with Gasteiger partial charge in [0.25, 0.3) is 5.91 Å². The summed E-state index contributed by atoms with van der Waals surface area (Å²) in [6.45, 7) is 2.99. The van der Waals surface area contributed by atoms with Gasteiger partial charge in [-0.25, -0.2) is 17.6 Å². The highest BCUT2D eigenvalue weighted by Gasteiger charge is 2.38. The van der Waals surface area contributed by atoms with Gasteiger partial charge in [-0.3, -0.25) is 14.1 Å². The molecule has 4 rings (SSSR count). The number of amides is 1. The predicted octanol–water partition coefficient (Wildman–Crippen LogP) is 3.82. The van der Waals surface area contributed by atoms with Crippen molar-refractivity contribution in [2.75, 3.05) is 24.4 Å². The van der Waals surface area contributed by atoms with Crippen LogP contribution in [0, 0.1) is 5.82 Å². The molecule has 0 saturated carbocycles. The SMILES string of the molecule is CC(C)OC(=O)OCOc1c2c(c(N(C)S(C)(=O)=O)c3cccnc13)CN(Cc1ccc(F)cc1)C2=O. The summed E-state index contributed by atoms with van der Waals surface area (Å²) < 4.78 is 55.3. The Morgan fingerprint density at radius 3 is 2.57 bits per heavy atom. The Kier molecular flexibility index (Phi) is 7.21. The third-order valence-corrected chi connectivity index (χ3v) is 6.93. The minimum Gasteiger partial charge on any atom is -0.454 e. The Morgan fingerprint density at radius 2 is 1.92 bits per heavy atom. The molecule has 3 aromatic rings. The Morgan fingerprint density at radius 1 is 1.22 bits per heavy atom. The molecular weight excluding hydrogens is 505 g/mol. The molecule has 2 heterocycles. The van der Waals surface area contributed by atoms with Gasteiger partial charge < -0.3 is 19.1 Å². The quantitative estimate of drug-likeness (QED) is 0.318. The first-order valence-electron chi connectivity index (χ1n) is 11.3.